The Balaban J connectivity index is 3.57. The zero-order chi connectivity index (χ0) is 36.6. The molecule has 50 heavy (non-hydrogen) atoms. The molecule has 5 heteroatoms. The minimum absolute atomic E-state index is 0.146. The van der Waals surface area contributed by atoms with Crippen LogP contribution >= 0.6 is 0 Å². The average molecular weight is 708 g/mol. The third-order valence-corrected chi connectivity index (χ3v) is 10.6. The highest BCUT2D eigenvalue weighted by Crippen LogP contribution is 2.16. The Kier molecular flexibility index (Phi) is 40.1. The molecule has 5 nitrogen and oxygen atoms in total. The van der Waals surface area contributed by atoms with Crippen molar-refractivity contribution < 1.29 is 20.1 Å². The first-order valence-electron chi connectivity index (χ1n) is 22.5. The van der Waals surface area contributed by atoms with Crippen molar-refractivity contribution in [1.29, 1.82) is 0 Å². The average Bonchev–Trinajstić information content (AvgIpc) is 3.12. The van der Waals surface area contributed by atoms with Crippen molar-refractivity contribution in [3.63, 3.8) is 0 Å². The summed E-state index contributed by atoms with van der Waals surface area (Å²) < 4.78 is 0. The zero-order valence-electron chi connectivity index (χ0n) is 33.8. The molecule has 0 saturated carbocycles. The topological polar surface area (TPSA) is 89.8 Å². The first kappa shape index (κ1) is 49.1. The molecule has 0 aliphatic heterocycles. The summed E-state index contributed by atoms with van der Waals surface area (Å²) in [4.78, 5) is 12.4. The molecule has 0 aromatic heterocycles. The Hall–Kier alpha value is -0.910. The molecule has 0 aliphatic rings. The molecule has 0 saturated heterocycles. The second-order valence-electron chi connectivity index (χ2n) is 15.6. The van der Waals surface area contributed by atoms with E-state index < -0.39 is 18.2 Å². The van der Waals surface area contributed by atoms with Crippen molar-refractivity contribution in [2.24, 2.45) is 0 Å². The van der Waals surface area contributed by atoms with Gasteiger partial charge in [-0.15, -0.1) is 0 Å². The maximum absolute atomic E-state index is 12.4. The highest BCUT2D eigenvalue weighted by molar-refractivity contribution is 5.76. The van der Waals surface area contributed by atoms with E-state index in [1.54, 1.807) is 0 Å². The number of allylic oxidation sites excluding steroid dienone is 2. The summed E-state index contributed by atoms with van der Waals surface area (Å²) in [7, 11) is 0. The van der Waals surface area contributed by atoms with Gasteiger partial charge in [-0.1, -0.05) is 212 Å². The van der Waals surface area contributed by atoms with Crippen molar-refractivity contribution in [2.75, 3.05) is 6.61 Å². The van der Waals surface area contributed by atoms with E-state index in [0.717, 1.165) is 38.5 Å². The normalized spacial score (nSPS) is 13.6. The lowest BCUT2D eigenvalue weighted by Gasteiger charge is -2.26. The molecule has 298 valence electrons. The van der Waals surface area contributed by atoms with Gasteiger partial charge in [0.05, 0.1) is 18.8 Å². The minimum atomic E-state index is -1.13. The van der Waals surface area contributed by atoms with Crippen LogP contribution in [0, 0.1) is 0 Å². The van der Waals surface area contributed by atoms with E-state index in [2.05, 4.69) is 31.3 Å². The van der Waals surface area contributed by atoms with Crippen molar-refractivity contribution in [3.05, 3.63) is 12.2 Å². The monoisotopic (exact) mass is 708 g/mol. The first-order chi connectivity index (χ1) is 24.6. The number of rotatable bonds is 41. The SMILES string of the molecule is CCCCCCCCCCCCCC/C=C\CCCCCCCCCCC(=O)NC(CO)C(O)C(O)CCCCCCCCCCCCCC. The number of amides is 1. The van der Waals surface area contributed by atoms with Crippen molar-refractivity contribution in [2.45, 2.75) is 263 Å². The Labute approximate surface area is 312 Å². The molecule has 0 heterocycles. The summed E-state index contributed by atoms with van der Waals surface area (Å²) >= 11 is 0. The maximum atomic E-state index is 12.4. The van der Waals surface area contributed by atoms with Crippen LogP contribution in [0.15, 0.2) is 12.2 Å². The van der Waals surface area contributed by atoms with Crippen LogP contribution in [0.3, 0.4) is 0 Å². The molecule has 3 atom stereocenters. The first-order valence-corrected chi connectivity index (χ1v) is 22.5. The van der Waals surface area contributed by atoms with Gasteiger partial charge in [0.1, 0.15) is 6.10 Å². The zero-order valence-corrected chi connectivity index (χ0v) is 33.8. The molecule has 0 rings (SSSR count). The molecule has 0 spiro atoms. The van der Waals surface area contributed by atoms with Crippen molar-refractivity contribution in [3.8, 4) is 0 Å². The number of hydrogen-bond donors (Lipinski definition) is 4. The van der Waals surface area contributed by atoms with Gasteiger partial charge >= 0.3 is 0 Å². The number of carbonyl (C=O) groups is 1. The van der Waals surface area contributed by atoms with E-state index in [0.29, 0.717) is 12.8 Å². The highest BCUT2D eigenvalue weighted by atomic mass is 16.3. The van der Waals surface area contributed by atoms with Gasteiger partial charge in [-0.25, -0.2) is 0 Å². The van der Waals surface area contributed by atoms with E-state index in [9.17, 15) is 20.1 Å². The summed E-state index contributed by atoms with van der Waals surface area (Å²) in [5.74, 6) is -0.146. The summed E-state index contributed by atoms with van der Waals surface area (Å²) in [6, 6.07) is -0.806. The molecule has 0 aromatic rings. The van der Waals surface area contributed by atoms with Crippen LogP contribution in [-0.4, -0.2) is 46.1 Å². The van der Waals surface area contributed by atoms with Crippen molar-refractivity contribution in [1.82, 2.24) is 5.32 Å². The number of unbranched alkanes of at least 4 members (excludes halogenated alkanes) is 31. The Bertz CT molecular complexity index is 699. The van der Waals surface area contributed by atoms with Crippen LogP contribution in [0.5, 0.6) is 0 Å². The van der Waals surface area contributed by atoms with Gasteiger partial charge in [-0.3, -0.25) is 4.79 Å². The summed E-state index contributed by atoms with van der Waals surface area (Å²) in [6.45, 7) is 4.18. The Morgan fingerprint density at radius 2 is 0.800 bits per heavy atom. The fourth-order valence-electron chi connectivity index (χ4n) is 7.10. The van der Waals surface area contributed by atoms with E-state index in [4.69, 9.17) is 0 Å². The van der Waals surface area contributed by atoms with Gasteiger partial charge in [-0.05, 0) is 38.5 Å². The van der Waals surface area contributed by atoms with E-state index >= 15 is 0 Å². The molecule has 3 unspecified atom stereocenters. The van der Waals surface area contributed by atoms with Gasteiger partial charge in [-0.2, -0.15) is 0 Å². The van der Waals surface area contributed by atoms with Gasteiger partial charge in [0, 0.05) is 6.42 Å². The number of hydrogen-bond acceptors (Lipinski definition) is 4. The number of aliphatic hydroxyl groups excluding tert-OH is 3. The second-order valence-corrected chi connectivity index (χ2v) is 15.6. The maximum Gasteiger partial charge on any atom is 0.220 e. The summed E-state index contributed by atoms with van der Waals surface area (Å²) in [5, 5.41) is 33.5. The third kappa shape index (κ3) is 35.5. The highest BCUT2D eigenvalue weighted by Gasteiger charge is 2.26. The molecule has 0 radical (unpaired) electrons. The molecule has 0 bridgehead atoms. The van der Waals surface area contributed by atoms with Crippen LogP contribution in [0.25, 0.3) is 0 Å². The smallest absolute Gasteiger partial charge is 0.220 e. The predicted octanol–water partition coefficient (Wildman–Crippen LogP) is 12.8. The lowest BCUT2D eigenvalue weighted by atomic mass is 9.99. The van der Waals surface area contributed by atoms with E-state index in [-0.39, 0.29) is 12.5 Å². The Morgan fingerprint density at radius 1 is 0.480 bits per heavy atom. The quantitative estimate of drug-likeness (QED) is 0.0376. The lowest BCUT2D eigenvalue weighted by molar-refractivity contribution is -0.124. The molecular formula is C45H89NO4. The third-order valence-electron chi connectivity index (χ3n) is 10.6. The predicted molar refractivity (Wildman–Crippen MR) is 218 cm³/mol. The molecule has 0 aromatic carbocycles. The van der Waals surface area contributed by atoms with Gasteiger partial charge in [0.2, 0.25) is 5.91 Å². The van der Waals surface area contributed by atoms with Gasteiger partial charge in [0.15, 0.2) is 0 Å². The Morgan fingerprint density at radius 3 is 1.16 bits per heavy atom. The number of nitrogens with one attached hydrogen (secondary N) is 1. The fourth-order valence-corrected chi connectivity index (χ4v) is 7.10. The summed E-state index contributed by atoms with van der Waals surface area (Å²) in [5.41, 5.74) is 0. The molecule has 4 N–H and O–H groups in total. The molecular weight excluding hydrogens is 618 g/mol. The summed E-state index contributed by atoms with van der Waals surface area (Å²) in [6.07, 6.45) is 47.5. The lowest BCUT2D eigenvalue weighted by Crippen LogP contribution is -2.50. The number of carbonyl (C=O) groups excluding carboxylic acids is 1. The molecule has 1 amide bonds. The van der Waals surface area contributed by atoms with Gasteiger partial charge in [0.25, 0.3) is 0 Å². The van der Waals surface area contributed by atoms with Crippen LogP contribution in [0.2, 0.25) is 0 Å². The van der Waals surface area contributed by atoms with E-state index in [1.165, 1.54) is 180 Å². The van der Waals surface area contributed by atoms with Crippen LogP contribution < -0.4 is 5.32 Å². The van der Waals surface area contributed by atoms with Crippen LogP contribution in [0.4, 0.5) is 0 Å². The largest absolute Gasteiger partial charge is 0.394 e. The second kappa shape index (κ2) is 40.9. The minimum Gasteiger partial charge on any atom is -0.394 e. The van der Waals surface area contributed by atoms with Crippen LogP contribution in [0.1, 0.15) is 245 Å². The fraction of sp³-hybridized carbons (Fsp3) is 0.933. The molecule has 0 fully saturated rings. The number of aliphatic hydroxyl groups is 3. The standard InChI is InChI=1S/C45H89NO4/c1-3-5-7-9-11-13-15-17-18-19-20-21-22-23-24-25-26-27-28-30-32-34-36-38-40-44(49)46-42(41-47)45(50)43(48)39-37-35-33-31-29-16-14-12-10-8-6-4-2/h23-24,42-43,45,47-48,50H,3-22,25-41H2,1-2H3,(H,46,49)/b24-23-. The van der Waals surface area contributed by atoms with Gasteiger partial charge < -0.3 is 20.6 Å². The molecule has 0 aliphatic carbocycles. The van der Waals surface area contributed by atoms with Crippen LogP contribution in [-0.2, 0) is 4.79 Å². The van der Waals surface area contributed by atoms with E-state index in [1.807, 2.05) is 0 Å². The van der Waals surface area contributed by atoms with Crippen molar-refractivity contribution >= 4 is 5.91 Å².